The molecule has 1 heterocycles. The topological polar surface area (TPSA) is 61.6 Å². The minimum Gasteiger partial charge on any atom is -0.297 e. The zero-order valence-corrected chi connectivity index (χ0v) is 12.4. The molecule has 1 aromatic heterocycles. The van der Waals surface area contributed by atoms with Crippen molar-refractivity contribution >= 4 is 11.8 Å². The number of nitrogens with zero attached hydrogens (tertiary/aromatic N) is 3. The lowest BCUT2D eigenvalue weighted by molar-refractivity contribution is 0.443. The minimum absolute atomic E-state index is 0.274. The van der Waals surface area contributed by atoms with Crippen molar-refractivity contribution in [1.82, 2.24) is 15.3 Å². The van der Waals surface area contributed by atoms with Crippen LogP contribution in [0.3, 0.4) is 0 Å². The molecule has 0 aliphatic carbocycles. The molecule has 1 N–H and O–H groups in total. The smallest absolute Gasteiger partial charge is 0.188 e. The van der Waals surface area contributed by atoms with Crippen LogP contribution in [-0.2, 0) is 0 Å². The van der Waals surface area contributed by atoms with Crippen molar-refractivity contribution in [1.29, 1.82) is 5.26 Å². The van der Waals surface area contributed by atoms with E-state index in [2.05, 4.69) is 21.4 Å². The second kappa shape index (κ2) is 6.17. The first-order chi connectivity index (χ1) is 8.34. The van der Waals surface area contributed by atoms with Crippen molar-refractivity contribution in [3.63, 3.8) is 0 Å². The van der Waals surface area contributed by atoms with E-state index in [0.717, 1.165) is 16.5 Å². The molecule has 0 aliphatic rings. The van der Waals surface area contributed by atoms with Gasteiger partial charge < -0.3 is 0 Å². The molecular weight excluding hydrogens is 244 g/mol. The second-order valence-electron chi connectivity index (χ2n) is 4.96. The number of thioether (sulfide) groups is 1. The molecule has 5 heteroatoms. The van der Waals surface area contributed by atoms with Gasteiger partial charge in [0.25, 0.3) is 0 Å². The van der Waals surface area contributed by atoms with Crippen molar-refractivity contribution < 1.29 is 0 Å². The number of nitrogens with one attached hydrogen (secondary N) is 1. The Bertz CT molecular complexity index is 433. The Labute approximate surface area is 113 Å². The first kappa shape index (κ1) is 14.9. The summed E-state index contributed by atoms with van der Waals surface area (Å²) in [6, 6.07) is 4.54. The average Bonchev–Trinajstić information content (AvgIpc) is 2.24. The van der Waals surface area contributed by atoms with E-state index in [4.69, 9.17) is 0 Å². The van der Waals surface area contributed by atoms with Crippen molar-refractivity contribution in [2.24, 2.45) is 0 Å². The Morgan fingerprint density at radius 3 is 2.39 bits per heavy atom. The number of hydrogen-bond donors (Lipinski definition) is 1. The summed E-state index contributed by atoms with van der Waals surface area (Å²) in [7, 11) is 0. The molecule has 0 fully saturated rings. The van der Waals surface area contributed by atoms with E-state index in [0.29, 0.717) is 5.75 Å². The SMILES string of the molecule is Cc1cc(C)nc(SCC(C)(C#N)NC(C)C)n1. The number of aryl methyl sites for hydroxylation is 2. The van der Waals surface area contributed by atoms with E-state index < -0.39 is 5.54 Å². The van der Waals surface area contributed by atoms with Crippen LogP contribution >= 0.6 is 11.8 Å². The Hall–Kier alpha value is -1.12. The maximum atomic E-state index is 9.25. The predicted octanol–water partition coefficient (Wildman–Crippen LogP) is 2.47. The van der Waals surface area contributed by atoms with E-state index in [1.165, 1.54) is 11.8 Å². The third-order valence-corrected chi connectivity index (χ3v) is 3.47. The fraction of sp³-hybridized carbons (Fsp3) is 0.615. The number of nitriles is 1. The molecule has 18 heavy (non-hydrogen) atoms. The van der Waals surface area contributed by atoms with Gasteiger partial charge >= 0.3 is 0 Å². The third-order valence-electron chi connectivity index (χ3n) is 2.31. The molecule has 1 aromatic rings. The molecule has 0 spiro atoms. The highest BCUT2D eigenvalue weighted by Crippen LogP contribution is 2.20. The van der Waals surface area contributed by atoms with Gasteiger partial charge in [-0.05, 0) is 40.7 Å². The Morgan fingerprint density at radius 2 is 1.94 bits per heavy atom. The van der Waals surface area contributed by atoms with Crippen LogP contribution in [0.2, 0.25) is 0 Å². The van der Waals surface area contributed by atoms with Crippen molar-refractivity contribution in [3.8, 4) is 6.07 Å². The van der Waals surface area contributed by atoms with Crippen LogP contribution in [-0.4, -0.2) is 27.3 Å². The normalized spacial score (nSPS) is 14.3. The van der Waals surface area contributed by atoms with Gasteiger partial charge in [-0.1, -0.05) is 11.8 Å². The summed E-state index contributed by atoms with van der Waals surface area (Å²) < 4.78 is 0. The fourth-order valence-corrected chi connectivity index (χ4v) is 2.69. The van der Waals surface area contributed by atoms with Crippen molar-refractivity contribution in [2.75, 3.05) is 5.75 Å². The molecule has 0 saturated heterocycles. The van der Waals surface area contributed by atoms with E-state index in [9.17, 15) is 5.26 Å². The first-order valence-corrected chi connectivity index (χ1v) is 6.97. The summed E-state index contributed by atoms with van der Waals surface area (Å²) in [5.74, 6) is 0.630. The zero-order chi connectivity index (χ0) is 13.8. The van der Waals surface area contributed by atoms with Gasteiger partial charge in [0.1, 0.15) is 5.54 Å². The molecule has 0 aromatic carbocycles. The summed E-state index contributed by atoms with van der Waals surface area (Å²) >= 11 is 1.52. The summed E-state index contributed by atoms with van der Waals surface area (Å²) in [6.45, 7) is 9.88. The molecule has 98 valence electrons. The predicted molar refractivity (Wildman–Crippen MR) is 74.5 cm³/mol. The van der Waals surface area contributed by atoms with E-state index in [1.54, 1.807) is 0 Å². The maximum absolute atomic E-state index is 9.25. The standard InChI is InChI=1S/C13H20N4S/c1-9(2)17-13(5,7-14)8-18-12-15-10(3)6-11(4)16-12/h6,9,17H,8H2,1-5H3. The van der Waals surface area contributed by atoms with Crippen LogP contribution in [0.5, 0.6) is 0 Å². The molecular formula is C13H20N4S. The van der Waals surface area contributed by atoms with Crippen LogP contribution < -0.4 is 5.32 Å². The van der Waals surface area contributed by atoms with E-state index >= 15 is 0 Å². The van der Waals surface area contributed by atoms with Gasteiger partial charge in [-0.15, -0.1) is 0 Å². The van der Waals surface area contributed by atoms with E-state index in [-0.39, 0.29) is 6.04 Å². The fourth-order valence-electron chi connectivity index (χ4n) is 1.71. The van der Waals surface area contributed by atoms with Crippen LogP contribution in [0.15, 0.2) is 11.2 Å². The Kier molecular flexibility index (Phi) is 5.12. The average molecular weight is 264 g/mol. The lowest BCUT2D eigenvalue weighted by Gasteiger charge is -2.25. The lowest BCUT2D eigenvalue weighted by atomic mass is 10.1. The number of aromatic nitrogens is 2. The van der Waals surface area contributed by atoms with Gasteiger partial charge in [-0.2, -0.15) is 5.26 Å². The highest BCUT2D eigenvalue weighted by Gasteiger charge is 2.25. The van der Waals surface area contributed by atoms with E-state index in [1.807, 2.05) is 40.7 Å². The van der Waals surface area contributed by atoms with Gasteiger partial charge in [0, 0.05) is 23.2 Å². The van der Waals surface area contributed by atoms with Crippen LogP contribution in [0.4, 0.5) is 0 Å². The summed E-state index contributed by atoms with van der Waals surface area (Å²) in [5.41, 5.74) is 1.36. The van der Waals surface area contributed by atoms with Crippen molar-refractivity contribution in [3.05, 3.63) is 17.5 Å². The molecule has 4 nitrogen and oxygen atoms in total. The highest BCUT2D eigenvalue weighted by molar-refractivity contribution is 7.99. The zero-order valence-electron chi connectivity index (χ0n) is 11.6. The third kappa shape index (κ3) is 4.63. The molecule has 1 atom stereocenters. The molecule has 1 unspecified atom stereocenters. The maximum Gasteiger partial charge on any atom is 0.188 e. The molecule has 1 rings (SSSR count). The molecule has 0 amide bonds. The largest absolute Gasteiger partial charge is 0.297 e. The quantitative estimate of drug-likeness (QED) is 0.654. The second-order valence-corrected chi connectivity index (χ2v) is 5.91. The van der Waals surface area contributed by atoms with Gasteiger partial charge in [-0.3, -0.25) is 5.32 Å². The van der Waals surface area contributed by atoms with Gasteiger partial charge in [0.05, 0.1) is 6.07 Å². The molecule has 0 bridgehead atoms. The first-order valence-electron chi connectivity index (χ1n) is 5.99. The minimum atomic E-state index is -0.556. The van der Waals surface area contributed by atoms with Gasteiger partial charge in [-0.25, -0.2) is 9.97 Å². The number of rotatable bonds is 5. The van der Waals surface area contributed by atoms with Crippen molar-refractivity contribution in [2.45, 2.75) is 51.4 Å². The Morgan fingerprint density at radius 1 is 1.39 bits per heavy atom. The number of hydrogen-bond acceptors (Lipinski definition) is 5. The van der Waals surface area contributed by atoms with Gasteiger partial charge in [0.2, 0.25) is 0 Å². The molecule has 0 radical (unpaired) electrons. The van der Waals surface area contributed by atoms with Gasteiger partial charge in [0.15, 0.2) is 5.16 Å². The summed E-state index contributed by atoms with van der Waals surface area (Å²) in [5, 5.41) is 13.3. The highest BCUT2D eigenvalue weighted by atomic mass is 32.2. The van der Waals surface area contributed by atoms with Crippen LogP contribution in [0.1, 0.15) is 32.2 Å². The van der Waals surface area contributed by atoms with Crippen LogP contribution in [0, 0.1) is 25.2 Å². The lowest BCUT2D eigenvalue weighted by Crippen LogP contribution is -2.47. The summed E-state index contributed by atoms with van der Waals surface area (Å²) in [6.07, 6.45) is 0. The van der Waals surface area contributed by atoms with Crippen LogP contribution in [0.25, 0.3) is 0 Å². The monoisotopic (exact) mass is 264 g/mol. The summed E-state index contributed by atoms with van der Waals surface area (Å²) in [4.78, 5) is 8.73. The molecule has 0 saturated carbocycles. The Balaban J connectivity index is 2.71. The molecule has 0 aliphatic heterocycles.